The topological polar surface area (TPSA) is 23.6 Å². The molecule has 0 bridgehead atoms. The van der Waals surface area contributed by atoms with Gasteiger partial charge in [-0.1, -0.05) is 18.5 Å². The molecule has 1 fully saturated rings. The second-order valence-corrected chi connectivity index (χ2v) is 5.53. The maximum Gasteiger partial charge on any atom is 0.152 e. The van der Waals surface area contributed by atoms with Crippen molar-refractivity contribution in [2.45, 2.75) is 25.8 Å². The number of benzene rings is 1. The van der Waals surface area contributed by atoms with Gasteiger partial charge in [0, 0.05) is 42.5 Å². The van der Waals surface area contributed by atoms with Gasteiger partial charge in [0.05, 0.1) is 0 Å². The number of carbonyl (C=O) groups excluding carboxylic acids is 1. The van der Waals surface area contributed by atoms with Crippen molar-refractivity contribution in [3.05, 3.63) is 28.8 Å². The number of piperidine rings is 1. The molecule has 0 amide bonds. The van der Waals surface area contributed by atoms with Gasteiger partial charge in [0.2, 0.25) is 0 Å². The van der Waals surface area contributed by atoms with E-state index >= 15 is 0 Å². The SMILES string of the molecule is CCN1CCC(N(C)c2ccc(Cl)cc2C=O)CC1. The Balaban J connectivity index is 2.11. The molecule has 19 heavy (non-hydrogen) atoms. The minimum atomic E-state index is 0.502. The summed E-state index contributed by atoms with van der Waals surface area (Å²) in [5.74, 6) is 0. The lowest BCUT2D eigenvalue weighted by atomic mass is 10.0. The zero-order valence-electron chi connectivity index (χ0n) is 11.6. The number of rotatable bonds is 4. The molecule has 0 N–H and O–H groups in total. The van der Waals surface area contributed by atoms with E-state index in [4.69, 9.17) is 11.6 Å². The molecule has 0 aliphatic carbocycles. The molecular weight excluding hydrogens is 260 g/mol. The largest absolute Gasteiger partial charge is 0.371 e. The summed E-state index contributed by atoms with van der Waals surface area (Å²) < 4.78 is 0. The highest BCUT2D eigenvalue weighted by molar-refractivity contribution is 6.31. The van der Waals surface area contributed by atoms with Crippen LogP contribution in [0.2, 0.25) is 5.02 Å². The zero-order chi connectivity index (χ0) is 13.8. The predicted molar refractivity (Wildman–Crippen MR) is 80.4 cm³/mol. The first-order valence-electron chi connectivity index (χ1n) is 6.85. The lowest BCUT2D eigenvalue weighted by Crippen LogP contribution is -2.43. The molecule has 1 saturated heterocycles. The van der Waals surface area contributed by atoms with E-state index in [1.807, 2.05) is 12.1 Å². The van der Waals surface area contributed by atoms with Crippen molar-refractivity contribution in [2.75, 3.05) is 31.6 Å². The zero-order valence-corrected chi connectivity index (χ0v) is 12.4. The molecule has 0 spiro atoms. The molecule has 0 aromatic heterocycles. The van der Waals surface area contributed by atoms with Crippen molar-refractivity contribution < 1.29 is 4.79 Å². The maximum atomic E-state index is 11.2. The minimum absolute atomic E-state index is 0.502. The van der Waals surface area contributed by atoms with Crippen molar-refractivity contribution in [3.63, 3.8) is 0 Å². The van der Waals surface area contributed by atoms with Gasteiger partial charge in [-0.3, -0.25) is 4.79 Å². The van der Waals surface area contributed by atoms with Crippen molar-refractivity contribution in [1.29, 1.82) is 0 Å². The Morgan fingerprint density at radius 1 is 1.42 bits per heavy atom. The van der Waals surface area contributed by atoms with Crippen molar-refractivity contribution in [3.8, 4) is 0 Å². The summed E-state index contributed by atoms with van der Waals surface area (Å²) >= 11 is 5.94. The van der Waals surface area contributed by atoms with E-state index in [-0.39, 0.29) is 0 Å². The summed E-state index contributed by atoms with van der Waals surface area (Å²) in [5.41, 5.74) is 1.65. The number of anilines is 1. The summed E-state index contributed by atoms with van der Waals surface area (Å²) in [7, 11) is 2.07. The highest BCUT2D eigenvalue weighted by Gasteiger charge is 2.23. The number of hydrogen-bond donors (Lipinski definition) is 0. The fourth-order valence-corrected chi connectivity index (χ4v) is 2.94. The summed E-state index contributed by atoms with van der Waals surface area (Å²) in [6, 6.07) is 6.03. The van der Waals surface area contributed by atoms with Crippen LogP contribution in [0.3, 0.4) is 0 Å². The van der Waals surface area contributed by atoms with E-state index in [2.05, 4.69) is 23.8 Å². The average Bonchev–Trinajstić information content (AvgIpc) is 2.46. The smallest absolute Gasteiger partial charge is 0.152 e. The van der Waals surface area contributed by atoms with Crippen molar-refractivity contribution in [2.24, 2.45) is 0 Å². The fourth-order valence-electron chi connectivity index (χ4n) is 2.76. The van der Waals surface area contributed by atoms with Crippen LogP contribution in [0.25, 0.3) is 0 Å². The normalized spacial score (nSPS) is 17.4. The van der Waals surface area contributed by atoms with Crippen molar-refractivity contribution >= 4 is 23.6 Å². The molecule has 4 heteroatoms. The summed E-state index contributed by atoms with van der Waals surface area (Å²) in [4.78, 5) is 15.9. The van der Waals surface area contributed by atoms with Crippen LogP contribution in [0.5, 0.6) is 0 Å². The number of hydrogen-bond acceptors (Lipinski definition) is 3. The van der Waals surface area contributed by atoms with Gasteiger partial charge in [0.1, 0.15) is 0 Å². The van der Waals surface area contributed by atoms with Crippen LogP contribution in [0.4, 0.5) is 5.69 Å². The second kappa shape index (κ2) is 6.40. The maximum absolute atomic E-state index is 11.2. The molecule has 0 atom stereocenters. The summed E-state index contributed by atoms with van der Waals surface area (Å²) in [6.07, 6.45) is 3.18. The number of nitrogens with zero attached hydrogens (tertiary/aromatic N) is 2. The third-order valence-electron chi connectivity index (χ3n) is 4.05. The highest BCUT2D eigenvalue weighted by Crippen LogP contribution is 2.26. The first-order chi connectivity index (χ1) is 9.15. The Morgan fingerprint density at radius 3 is 2.68 bits per heavy atom. The third-order valence-corrected chi connectivity index (χ3v) is 4.28. The molecule has 1 aromatic carbocycles. The molecule has 1 aliphatic heterocycles. The third kappa shape index (κ3) is 3.28. The number of aldehydes is 1. The molecule has 0 radical (unpaired) electrons. The molecular formula is C15H21ClN2O. The summed E-state index contributed by atoms with van der Waals surface area (Å²) in [6.45, 7) is 5.59. The molecule has 1 heterocycles. The van der Waals surface area contributed by atoms with E-state index in [0.717, 1.165) is 44.4 Å². The monoisotopic (exact) mass is 280 g/mol. The Labute approximate surface area is 120 Å². The second-order valence-electron chi connectivity index (χ2n) is 5.10. The molecule has 1 aromatic rings. The lowest BCUT2D eigenvalue weighted by Gasteiger charge is -2.37. The first kappa shape index (κ1) is 14.4. The predicted octanol–water partition coefficient (Wildman–Crippen LogP) is 3.07. The van der Waals surface area contributed by atoms with E-state index in [1.165, 1.54) is 0 Å². The van der Waals surface area contributed by atoms with Crippen LogP contribution in [0.15, 0.2) is 18.2 Å². The summed E-state index contributed by atoms with van der Waals surface area (Å²) in [5, 5.41) is 0.611. The number of halogens is 1. The van der Waals surface area contributed by atoms with Gasteiger partial charge in [-0.05, 0) is 37.6 Å². The fraction of sp³-hybridized carbons (Fsp3) is 0.533. The van der Waals surface area contributed by atoms with E-state index in [1.54, 1.807) is 6.07 Å². The Kier molecular flexibility index (Phi) is 4.83. The van der Waals surface area contributed by atoms with Gasteiger partial charge >= 0.3 is 0 Å². The van der Waals surface area contributed by atoms with Gasteiger partial charge in [-0.2, -0.15) is 0 Å². The molecule has 0 saturated carbocycles. The van der Waals surface area contributed by atoms with Gasteiger partial charge < -0.3 is 9.80 Å². The van der Waals surface area contributed by atoms with E-state index in [9.17, 15) is 4.79 Å². The average molecular weight is 281 g/mol. The number of carbonyl (C=O) groups is 1. The van der Waals surface area contributed by atoms with E-state index in [0.29, 0.717) is 16.6 Å². The standard InChI is InChI=1S/C15H21ClN2O/c1-3-18-8-6-14(7-9-18)17(2)15-5-4-13(16)10-12(15)11-19/h4-5,10-11,14H,3,6-9H2,1-2H3. The Morgan fingerprint density at radius 2 is 2.11 bits per heavy atom. The molecule has 2 rings (SSSR count). The van der Waals surface area contributed by atoms with Gasteiger partial charge in [0.15, 0.2) is 6.29 Å². The Bertz CT molecular complexity index is 442. The van der Waals surface area contributed by atoms with Gasteiger partial charge in [-0.15, -0.1) is 0 Å². The molecule has 1 aliphatic rings. The van der Waals surface area contributed by atoms with Crippen LogP contribution in [-0.2, 0) is 0 Å². The first-order valence-corrected chi connectivity index (χ1v) is 7.23. The molecule has 104 valence electrons. The van der Waals surface area contributed by atoms with Crippen LogP contribution < -0.4 is 4.90 Å². The highest BCUT2D eigenvalue weighted by atomic mass is 35.5. The Hall–Kier alpha value is -1.06. The van der Waals surface area contributed by atoms with E-state index < -0.39 is 0 Å². The van der Waals surface area contributed by atoms with Crippen LogP contribution >= 0.6 is 11.6 Å². The van der Waals surface area contributed by atoms with Crippen LogP contribution in [0.1, 0.15) is 30.1 Å². The number of likely N-dealkylation sites (tertiary alicyclic amines) is 1. The van der Waals surface area contributed by atoms with Crippen LogP contribution in [0, 0.1) is 0 Å². The van der Waals surface area contributed by atoms with Gasteiger partial charge in [-0.25, -0.2) is 0 Å². The molecule has 0 unspecified atom stereocenters. The lowest BCUT2D eigenvalue weighted by molar-refractivity contribution is 0.112. The van der Waals surface area contributed by atoms with Crippen LogP contribution in [-0.4, -0.2) is 43.9 Å². The van der Waals surface area contributed by atoms with Gasteiger partial charge in [0.25, 0.3) is 0 Å². The molecule has 3 nitrogen and oxygen atoms in total. The van der Waals surface area contributed by atoms with Crippen molar-refractivity contribution in [1.82, 2.24) is 4.90 Å². The quantitative estimate of drug-likeness (QED) is 0.792. The minimum Gasteiger partial charge on any atom is -0.371 e.